The molecule has 3 aromatic rings. The Morgan fingerprint density at radius 3 is 2.44 bits per heavy atom. The fourth-order valence-corrected chi connectivity index (χ4v) is 6.18. The molecule has 3 aliphatic rings. The van der Waals surface area contributed by atoms with Gasteiger partial charge in [0.2, 0.25) is 0 Å². The van der Waals surface area contributed by atoms with E-state index in [1.54, 1.807) is 0 Å². The smallest absolute Gasteiger partial charge is 0.174 e. The molecule has 6 rings (SSSR count). The van der Waals surface area contributed by atoms with E-state index in [-0.39, 0.29) is 12.1 Å². The Hall–Kier alpha value is -2.86. The van der Waals surface area contributed by atoms with E-state index in [2.05, 4.69) is 71.1 Å². The van der Waals surface area contributed by atoms with Crippen molar-refractivity contribution in [2.75, 3.05) is 4.90 Å². The van der Waals surface area contributed by atoms with E-state index in [0.717, 1.165) is 35.1 Å². The molecule has 34 heavy (non-hydrogen) atoms. The van der Waals surface area contributed by atoms with Crippen molar-refractivity contribution in [3.63, 3.8) is 0 Å². The molecule has 176 valence electrons. The summed E-state index contributed by atoms with van der Waals surface area (Å²) in [7, 11) is 0. The van der Waals surface area contributed by atoms with Gasteiger partial charge in [-0.25, -0.2) is 0 Å². The van der Waals surface area contributed by atoms with Crippen molar-refractivity contribution in [2.24, 2.45) is 0 Å². The molecule has 3 heterocycles. The molecule has 2 saturated carbocycles. The zero-order chi connectivity index (χ0) is 23.2. The maximum Gasteiger partial charge on any atom is 0.174 e. The number of hydrogen-bond acceptors (Lipinski definition) is 3. The second-order valence-corrected chi connectivity index (χ2v) is 10.3. The number of nitrogens with zero attached hydrogens (tertiary/aromatic N) is 3. The summed E-state index contributed by atoms with van der Waals surface area (Å²) in [4.78, 5) is 6.97. The molecule has 3 fully saturated rings. The van der Waals surface area contributed by atoms with Crippen LogP contribution in [-0.4, -0.2) is 20.8 Å². The van der Waals surface area contributed by atoms with Gasteiger partial charge in [-0.1, -0.05) is 6.07 Å². The molecule has 2 atom stereocenters. The number of nitrogens with one attached hydrogen (secondary N) is 1. The number of thiocarbonyl (C=S) groups is 1. The molecule has 0 amide bonds. The van der Waals surface area contributed by atoms with Crippen LogP contribution in [0.5, 0.6) is 5.75 Å². The number of hydrogen-bond donors (Lipinski definition) is 1. The van der Waals surface area contributed by atoms with Crippen LogP contribution >= 0.6 is 12.2 Å². The fraction of sp³-hybridized carbons (Fsp3) is 0.429. The van der Waals surface area contributed by atoms with Gasteiger partial charge in [0.15, 0.2) is 5.11 Å². The highest BCUT2D eigenvalue weighted by Crippen LogP contribution is 2.46. The summed E-state index contributed by atoms with van der Waals surface area (Å²) >= 11 is 5.92. The van der Waals surface area contributed by atoms with Gasteiger partial charge in [-0.3, -0.25) is 4.98 Å². The van der Waals surface area contributed by atoms with Gasteiger partial charge in [0.05, 0.1) is 23.9 Å². The Balaban J connectivity index is 1.38. The van der Waals surface area contributed by atoms with E-state index in [9.17, 15) is 0 Å². The number of aromatic nitrogens is 2. The third-order valence-electron chi connectivity index (χ3n) is 7.57. The van der Waals surface area contributed by atoms with E-state index < -0.39 is 0 Å². The van der Waals surface area contributed by atoms with Gasteiger partial charge in [-0.15, -0.1) is 0 Å². The molecule has 6 heteroatoms. The Morgan fingerprint density at radius 2 is 1.76 bits per heavy atom. The van der Waals surface area contributed by atoms with Crippen LogP contribution < -0.4 is 15.0 Å². The number of anilines is 1. The summed E-state index contributed by atoms with van der Waals surface area (Å²) in [5.74, 6) is 0.943. The number of ether oxygens (including phenoxy) is 1. The van der Waals surface area contributed by atoms with Gasteiger partial charge in [-0.05, 0) is 113 Å². The third kappa shape index (κ3) is 3.88. The average Bonchev–Trinajstić information content (AvgIpc) is 3.30. The van der Waals surface area contributed by atoms with Crippen LogP contribution in [-0.2, 0) is 0 Å². The second kappa shape index (κ2) is 8.73. The van der Waals surface area contributed by atoms with Gasteiger partial charge in [0, 0.05) is 29.3 Å². The van der Waals surface area contributed by atoms with Crippen molar-refractivity contribution in [3.05, 3.63) is 77.4 Å². The minimum Gasteiger partial charge on any atom is -0.490 e. The van der Waals surface area contributed by atoms with Gasteiger partial charge in [0.1, 0.15) is 5.75 Å². The molecular formula is C28H32N4OS. The van der Waals surface area contributed by atoms with Crippen LogP contribution in [0.25, 0.3) is 0 Å². The van der Waals surface area contributed by atoms with Crippen molar-refractivity contribution in [2.45, 2.75) is 76.6 Å². The standard InChI is InChI=1S/C28H32N4OS/c1-18-17-24(19(2)31(18)20-10-11-20)27-26(25-9-5-6-16-29-25)30-28(34)32(27)21-12-14-23(15-13-21)33-22-7-3-4-8-22/h5-6,9,12-17,20,22,26-27H,3-4,7-8,10-11H2,1-2H3,(H,30,34). The molecule has 2 aliphatic carbocycles. The first-order valence-electron chi connectivity index (χ1n) is 12.6. The third-order valence-corrected chi connectivity index (χ3v) is 7.89. The highest BCUT2D eigenvalue weighted by molar-refractivity contribution is 7.80. The Bertz CT molecular complexity index is 1180. The molecular weight excluding hydrogens is 440 g/mol. The lowest BCUT2D eigenvalue weighted by atomic mass is 9.96. The zero-order valence-electron chi connectivity index (χ0n) is 19.9. The minimum atomic E-state index is -0.0173. The molecule has 2 aromatic heterocycles. The van der Waals surface area contributed by atoms with Crippen LogP contribution in [0, 0.1) is 13.8 Å². The fourth-order valence-electron chi connectivity index (χ4n) is 5.83. The largest absolute Gasteiger partial charge is 0.490 e. The molecule has 1 aliphatic heterocycles. The Kier molecular flexibility index (Phi) is 5.56. The van der Waals surface area contributed by atoms with Crippen molar-refractivity contribution >= 4 is 23.0 Å². The van der Waals surface area contributed by atoms with Crippen LogP contribution in [0.2, 0.25) is 0 Å². The normalized spacial score (nSPS) is 22.9. The molecule has 1 saturated heterocycles. The maximum absolute atomic E-state index is 6.21. The zero-order valence-corrected chi connectivity index (χ0v) is 20.7. The van der Waals surface area contributed by atoms with Crippen molar-refractivity contribution < 1.29 is 4.74 Å². The average molecular weight is 473 g/mol. The Labute approximate surface area is 207 Å². The molecule has 0 bridgehead atoms. The van der Waals surface area contributed by atoms with Gasteiger partial charge in [0.25, 0.3) is 0 Å². The maximum atomic E-state index is 6.21. The van der Waals surface area contributed by atoms with E-state index >= 15 is 0 Å². The number of rotatable bonds is 6. The van der Waals surface area contributed by atoms with E-state index in [0.29, 0.717) is 12.1 Å². The van der Waals surface area contributed by atoms with Crippen LogP contribution in [0.3, 0.4) is 0 Å². The predicted octanol–water partition coefficient (Wildman–Crippen LogP) is 6.33. The first-order valence-corrected chi connectivity index (χ1v) is 13.0. The van der Waals surface area contributed by atoms with Crippen molar-refractivity contribution in [1.29, 1.82) is 0 Å². The summed E-state index contributed by atoms with van der Waals surface area (Å²) in [6.07, 6.45) is 9.62. The van der Waals surface area contributed by atoms with E-state index in [4.69, 9.17) is 21.9 Å². The van der Waals surface area contributed by atoms with E-state index in [1.807, 2.05) is 12.3 Å². The molecule has 5 nitrogen and oxygen atoms in total. The number of pyridine rings is 1. The SMILES string of the molecule is Cc1cc(C2C(c3ccccn3)NC(=S)N2c2ccc(OC3CCCC3)cc2)c(C)n1C1CC1. The highest BCUT2D eigenvalue weighted by atomic mass is 32.1. The minimum absolute atomic E-state index is 0.0173. The van der Waals surface area contributed by atoms with Crippen LogP contribution in [0.15, 0.2) is 54.7 Å². The highest BCUT2D eigenvalue weighted by Gasteiger charge is 2.43. The number of benzene rings is 1. The predicted molar refractivity (Wildman–Crippen MR) is 139 cm³/mol. The van der Waals surface area contributed by atoms with Gasteiger partial charge < -0.3 is 19.5 Å². The van der Waals surface area contributed by atoms with Gasteiger partial charge >= 0.3 is 0 Å². The van der Waals surface area contributed by atoms with E-state index in [1.165, 1.54) is 42.6 Å². The van der Waals surface area contributed by atoms with Crippen molar-refractivity contribution in [1.82, 2.24) is 14.9 Å². The summed E-state index contributed by atoms with van der Waals surface area (Å²) in [6.45, 7) is 4.49. The van der Waals surface area contributed by atoms with Crippen LogP contribution in [0.1, 0.15) is 79.3 Å². The summed E-state index contributed by atoms with van der Waals surface area (Å²) in [6, 6.07) is 17.6. The van der Waals surface area contributed by atoms with Gasteiger partial charge in [-0.2, -0.15) is 0 Å². The summed E-state index contributed by atoms with van der Waals surface area (Å²) < 4.78 is 8.73. The quantitative estimate of drug-likeness (QED) is 0.425. The first-order chi connectivity index (χ1) is 16.6. The molecule has 0 radical (unpaired) electrons. The first kappa shape index (κ1) is 21.7. The molecule has 1 N–H and O–H groups in total. The molecule has 0 spiro atoms. The van der Waals surface area contributed by atoms with Crippen molar-refractivity contribution in [3.8, 4) is 5.75 Å². The monoisotopic (exact) mass is 472 g/mol. The Morgan fingerprint density at radius 1 is 1.00 bits per heavy atom. The topological polar surface area (TPSA) is 42.3 Å². The number of aryl methyl sites for hydroxylation is 1. The lowest BCUT2D eigenvalue weighted by molar-refractivity contribution is 0.210. The summed E-state index contributed by atoms with van der Waals surface area (Å²) in [5, 5.41) is 4.33. The summed E-state index contributed by atoms with van der Waals surface area (Å²) in [5.41, 5.74) is 6.07. The lowest BCUT2D eigenvalue weighted by Crippen LogP contribution is -2.29. The molecule has 2 unspecified atom stereocenters. The van der Waals surface area contributed by atoms with Crippen LogP contribution in [0.4, 0.5) is 5.69 Å². The second-order valence-electron chi connectivity index (χ2n) is 9.94. The lowest BCUT2D eigenvalue weighted by Gasteiger charge is -2.28. The molecule has 1 aromatic carbocycles.